The van der Waals surface area contributed by atoms with E-state index in [0.717, 1.165) is 11.9 Å². The molecular weight excluding hydrogens is 331 g/mol. The largest absolute Gasteiger partial charge is 0.271 e. The van der Waals surface area contributed by atoms with Gasteiger partial charge in [-0.2, -0.15) is 5.10 Å². The molecule has 1 aromatic heterocycles. The topological polar surface area (TPSA) is 17.8 Å². The molecule has 0 N–H and O–H groups in total. The van der Waals surface area contributed by atoms with Crippen LogP contribution in [-0.2, 0) is 6.54 Å². The van der Waals surface area contributed by atoms with Crippen LogP contribution in [-0.4, -0.2) is 15.1 Å². The zero-order valence-electron chi connectivity index (χ0n) is 6.63. The average molecular weight is 341 g/mol. The van der Waals surface area contributed by atoms with E-state index in [0.29, 0.717) is 5.41 Å². The van der Waals surface area contributed by atoms with E-state index >= 15 is 0 Å². The van der Waals surface area contributed by atoms with Crippen molar-refractivity contribution >= 4 is 38.5 Å². The molecule has 2 rings (SSSR count). The lowest BCUT2D eigenvalue weighted by molar-refractivity contribution is 0.442. The number of halogens is 2. The van der Waals surface area contributed by atoms with Crippen molar-refractivity contribution in [3.05, 3.63) is 16.0 Å². The predicted octanol–water partition coefficient (Wildman–Crippen LogP) is 2.66. The first-order chi connectivity index (χ1) is 5.74. The second kappa shape index (κ2) is 3.29. The number of alkyl halides is 1. The van der Waals surface area contributed by atoms with Crippen LogP contribution in [0.3, 0.4) is 0 Å². The third-order valence-corrected chi connectivity index (χ3v) is 4.09. The number of rotatable bonds is 3. The van der Waals surface area contributed by atoms with Crippen molar-refractivity contribution in [1.29, 1.82) is 0 Å². The van der Waals surface area contributed by atoms with Crippen LogP contribution in [0, 0.1) is 8.99 Å². The second-order valence-corrected chi connectivity index (χ2v) is 5.30. The van der Waals surface area contributed by atoms with Gasteiger partial charge in [0.25, 0.3) is 0 Å². The van der Waals surface area contributed by atoms with Gasteiger partial charge in [0.05, 0.1) is 9.77 Å². The Morgan fingerprint density at radius 3 is 2.83 bits per heavy atom. The van der Waals surface area contributed by atoms with Gasteiger partial charge >= 0.3 is 0 Å². The van der Waals surface area contributed by atoms with Gasteiger partial charge in [0, 0.05) is 18.1 Å². The lowest BCUT2D eigenvalue weighted by Gasteiger charge is -2.10. The van der Waals surface area contributed by atoms with Crippen molar-refractivity contribution in [2.24, 2.45) is 5.41 Å². The Bertz CT molecular complexity index is 280. The number of nitrogens with zero attached hydrogens (tertiary/aromatic N) is 2. The van der Waals surface area contributed by atoms with E-state index in [1.165, 1.54) is 16.4 Å². The van der Waals surface area contributed by atoms with Crippen LogP contribution < -0.4 is 0 Å². The second-order valence-electron chi connectivity index (χ2n) is 3.49. The molecule has 1 aliphatic carbocycles. The zero-order chi connectivity index (χ0) is 8.60. The van der Waals surface area contributed by atoms with E-state index in [4.69, 9.17) is 0 Å². The molecule has 66 valence electrons. The van der Waals surface area contributed by atoms with Crippen LogP contribution in [0.25, 0.3) is 0 Å². The highest BCUT2D eigenvalue weighted by atomic mass is 127. The van der Waals surface area contributed by atoms with Crippen LogP contribution in [0.4, 0.5) is 0 Å². The van der Waals surface area contributed by atoms with E-state index < -0.39 is 0 Å². The standard InChI is InChI=1S/C8H10BrIN2/c9-5-8(1-2-8)6-12-4-7(10)3-11-12/h3-4H,1-2,5-6H2. The number of hydrogen-bond acceptors (Lipinski definition) is 1. The van der Waals surface area contributed by atoms with Gasteiger partial charge in [-0.1, -0.05) is 15.9 Å². The van der Waals surface area contributed by atoms with Crippen molar-refractivity contribution < 1.29 is 0 Å². The molecule has 0 spiro atoms. The van der Waals surface area contributed by atoms with E-state index in [9.17, 15) is 0 Å². The van der Waals surface area contributed by atoms with Gasteiger partial charge in [0.1, 0.15) is 0 Å². The van der Waals surface area contributed by atoms with Crippen LogP contribution in [0.2, 0.25) is 0 Å². The first kappa shape index (κ1) is 8.99. The summed E-state index contributed by atoms with van der Waals surface area (Å²) in [6.07, 6.45) is 6.69. The summed E-state index contributed by atoms with van der Waals surface area (Å²) >= 11 is 5.84. The molecule has 0 aromatic carbocycles. The zero-order valence-corrected chi connectivity index (χ0v) is 10.4. The maximum Gasteiger partial charge on any atom is 0.0623 e. The molecule has 0 unspecified atom stereocenters. The quantitative estimate of drug-likeness (QED) is 0.611. The maximum absolute atomic E-state index is 4.28. The van der Waals surface area contributed by atoms with Gasteiger partial charge < -0.3 is 0 Å². The molecule has 0 atom stereocenters. The maximum atomic E-state index is 4.28. The van der Waals surface area contributed by atoms with Gasteiger partial charge in [-0.05, 0) is 40.8 Å². The molecule has 1 aromatic rings. The van der Waals surface area contributed by atoms with Crippen molar-refractivity contribution in [1.82, 2.24) is 9.78 Å². The first-order valence-electron chi connectivity index (χ1n) is 3.98. The molecule has 0 aliphatic heterocycles. The molecule has 1 heterocycles. The summed E-state index contributed by atoms with van der Waals surface area (Å²) in [7, 11) is 0. The summed E-state index contributed by atoms with van der Waals surface area (Å²) < 4.78 is 3.27. The summed E-state index contributed by atoms with van der Waals surface area (Å²) in [5.41, 5.74) is 0.523. The Hall–Kier alpha value is 0.420. The van der Waals surface area contributed by atoms with E-state index in [-0.39, 0.29) is 0 Å². The average Bonchev–Trinajstić information content (AvgIpc) is 2.71. The van der Waals surface area contributed by atoms with Crippen LogP contribution >= 0.6 is 38.5 Å². The fourth-order valence-corrected chi connectivity index (χ4v) is 2.46. The summed E-state index contributed by atoms with van der Waals surface area (Å²) in [5, 5.41) is 5.38. The highest BCUT2D eigenvalue weighted by molar-refractivity contribution is 14.1. The molecule has 1 aliphatic rings. The summed E-state index contributed by atoms with van der Waals surface area (Å²) in [5.74, 6) is 0. The smallest absolute Gasteiger partial charge is 0.0623 e. The molecule has 1 fully saturated rings. The Morgan fingerprint density at radius 1 is 1.67 bits per heavy atom. The lowest BCUT2D eigenvalue weighted by Crippen LogP contribution is -2.13. The monoisotopic (exact) mass is 340 g/mol. The van der Waals surface area contributed by atoms with Crippen LogP contribution in [0.15, 0.2) is 12.4 Å². The minimum atomic E-state index is 0.523. The number of aromatic nitrogens is 2. The van der Waals surface area contributed by atoms with Crippen molar-refractivity contribution in [3.63, 3.8) is 0 Å². The van der Waals surface area contributed by atoms with E-state index in [1.54, 1.807) is 0 Å². The molecule has 1 saturated carbocycles. The molecule has 2 nitrogen and oxygen atoms in total. The Balaban J connectivity index is 2.04. The summed E-state index contributed by atoms with van der Waals surface area (Å²) in [6.45, 7) is 1.07. The summed E-state index contributed by atoms with van der Waals surface area (Å²) in [6, 6.07) is 0. The SMILES string of the molecule is BrCC1(Cn2cc(I)cn2)CC1. The molecule has 0 bridgehead atoms. The van der Waals surface area contributed by atoms with Gasteiger partial charge in [0.2, 0.25) is 0 Å². The molecule has 0 saturated heterocycles. The van der Waals surface area contributed by atoms with Gasteiger partial charge in [-0.3, -0.25) is 4.68 Å². The highest BCUT2D eigenvalue weighted by Gasteiger charge is 2.41. The fourth-order valence-electron chi connectivity index (χ4n) is 1.28. The van der Waals surface area contributed by atoms with E-state index in [2.05, 4.69) is 54.5 Å². The Morgan fingerprint density at radius 2 is 2.42 bits per heavy atom. The molecule has 0 amide bonds. The van der Waals surface area contributed by atoms with Gasteiger partial charge in [-0.25, -0.2) is 0 Å². The number of hydrogen-bond donors (Lipinski definition) is 0. The minimum absolute atomic E-state index is 0.523. The normalized spacial score (nSPS) is 19.5. The van der Waals surface area contributed by atoms with Crippen molar-refractivity contribution in [2.75, 3.05) is 5.33 Å². The molecule has 0 radical (unpaired) electrons. The third kappa shape index (κ3) is 1.84. The van der Waals surface area contributed by atoms with Gasteiger partial charge in [0.15, 0.2) is 0 Å². The Kier molecular flexibility index (Phi) is 2.46. The first-order valence-corrected chi connectivity index (χ1v) is 6.18. The fraction of sp³-hybridized carbons (Fsp3) is 0.625. The minimum Gasteiger partial charge on any atom is -0.271 e. The van der Waals surface area contributed by atoms with E-state index in [1.807, 2.05) is 6.20 Å². The molecule has 4 heteroatoms. The molecule has 12 heavy (non-hydrogen) atoms. The molecular formula is C8H10BrIN2. The van der Waals surface area contributed by atoms with Crippen LogP contribution in [0.5, 0.6) is 0 Å². The van der Waals surface area contributed by atoms with Crippen LogP contribution in [0.1, 0.15) is 12.8 Å². The van der Waals surface area contributed by atoms with Crippen molar-refractivity contribution in [3.8, 4) is 0 Å². The Labute approximate surface area is 94.0 Å². The van der Waals surface area contributed by atoms with Crippen molar-refractivity contribution in [2.45, 2.75) is 19.4 Å². The lowest BCUT2D eigenvalue weighted by atomic mass is 10.1. The predicted molar refractivity (Wildman–Crippen MR) is 60.4 cm³/mol. The van der Waals surface area contributed by atoms with Gasteiger partial charge in [-0.15, -0.1) is 0 Å². The third-order valence-electron chi connectivity index (χ3n) is 2.34. The highest BCUT2D eigenvalue weighted by Crippen LogP contribution is 2.48. The summed E-state index contributed by atoms with van der Waals surface area (Å²) in [4.78, 5) is 0.